The van der Waals surface area contributed by atoms with E-state index in [1.165, 1.54) is 6.07 Å². The van der Waals surface area contributed by atoms with Gasteiger partial charge in [-0.1, -0.05) is 19.1 Å². The molecule has 9 nitrogen and oxygen atoms in total. The highest BCUT2D eigenvalue weighted by molar-refractivity contribution is 6.02. The van der Waals surface area contributed by atoms with E-state index in [0.717, 1.165) is 35.6 Å². The number of halogens is 3. The van der Waals surface area contributed by atoms with Crippen molar-refractivity contribution in [3.63, 3.8) is 0 Å². The normalized spacial score (nSPS) is 17.7. The van der Waals surface area contributed by atoms with Crippen LogP contribution in [-0.2, 0) is 12.7 Å². The maximum Gasteiger partial charge on any atom is 0.416 e. The Morgan fingerprint density at radius 2 is 1.73 bits per heavy atom. The fourth-order valence-electron chi connectivity index (χ4n) is 4.97. The molecule has 12 heteroatoms. The smallest absolute Gasteiger partial charge is 0.416 e. The molecule has 3 aromatic rings. The topological polar surface area (TPSA) is 103 Å². The fraction of sp³-hybridized carbons (Fsp3) is 0.375. The number of fused-ring (bicyclic) bond motifs is 1. The van der Waals surface area contributed by atoms with Gasteiger partial charge in [0.25, 0.3) is 5.91 Å². The minimum absolute atomic E-state index is 0.0771. The Morgan fingerprint density at radius 1 is 1.09 bits per heavy atom. The minimum atomic E-state index is -4.49. The molecule has 3 N–H and O–H groups in total. The Balaban J connectivity index is 1.52. The van der Waals surface area contributed by atoms with Gasteiger partial charge in [0.1, 0.15) is 17.6 Å². The molecular formula is C32H37F3N4O5. The summed E-state index contributed by atoms with van der Waals surface area (Å²) in [6.07, 6.45) is -4.79. The molecule has 3 atom stereocenters. The van der Waals surface area contributed by atoms with E-state index >= 15 is 0 Å². The van der Waals surface area contributed by atoms with Crippen molar-refractivity contribution in [3.8, 4) is 11.5 Å². The van der Waals surface area contributed by atoms with Crippen LogP contribution >= 0.6 is 0 Å². The molecule has 1 aliphatic heterocycles. The number of hydrogen-bond acceptors (Lipinski definition) is 6. The van der Waals surface area contributed by atoms with Gasteiger partial charge in [-0.3, -0.25) is 9.69 Å². The summed E-state index contributed by atoms with van der Waals surface area (Å²) in [6.45, 7) is 5.09. The Labute approximate surface area is 254 Å². The third-order valence-corrected chi connectivity index (χ3v) is 7.50. The highest BCUT2D eigenvalue weighted by Gasteiger charge is 2.34. The monoisotopic (exact) mass is 614 g/mol. The number of hydrogen-bond donors (Lipinski definition) is 3. The number of alkyl halides is 3. The van der Waals surface area contributed by atoms with Crippen molar-refractivity contribution in [2.24, 2.45) is 5.92 Å². The van der Waals surface area contributed by atoms with Gasteiger partial charge in [-0.15, -0.1) is 0 Å². The molecular weight excluding hydrogens is 577 g/mol. The molecule has 0 saturated carbocycles. The number of ether oxygens (including phenoxy) is 2. The van der Waals surface area contributed by atoms with E-state index in [2.05, 4.69) is 15.5 Å². The number of urea groups is 1. The molecule has 1 heterocycles. The molecule has 0 aromatic heterocycles. The lowest BCUT2D eigenvalue weighted by molar-refractivity contribution is -0.137. The first kappa shape index (κ1) is 32.6. The number of anilines is 2. The molecule has 1 aliphatic rings. The lowest BCUT2D eigenvalue weighted by atomic mass is 9.99. The number of carbonyl (C=O) groups excluding carboxylic acids is 2. The molecule has 3 aromatic carbocycles. The number of carbonyl (C=O) groups is 2. The number of likely N-dealkylation sites (N-methyl/N-ethyl adjacent to an activating group) is 1. The van der Waals surface area contributed by atoms with Gasteiger partial charge in [0.05, 0.1) is 30.9 Å². The van der Waals surface area contributed by atoms with Crippen LogP contribution in [0.2, 0.25) is 0 Å². The second-order valence-corrected chi connectivity index (χ2v) is 11.0. The zero-order chi connectivity index (χ0) is 32.0. The van der Waals surface area contributed by atoms with E-state index in [9.17, 15) is 27.9 Å². The molecule has 4 rings (SSSR count). The predicted octanol–water partition coefficient (Wildman–Crippen LogP) is 5.71. The van der Waals surface area contributed by atoms with Gasteiger partial charge >= 0.3 is 12.2 Å². The van der Waals surface area contributed by atoms with Gasteiger partial charge < -0.3 is 30.1 Å². The first-order valence-electron chi connectivity index (χ1n) is 14.2. The number of rotatable bonds is 9. The lowest BCUT2D eigenvalue weighted by Gasteiger charge is -2.38. The van der Waals surface area contributed by atoms with E-state index in [1.807, 2.05) is 38.2 Å². The summed E-state index contributed by atoms with van der Waals surface area (Å²) in [5.74, 6) is 0.684. The third kappa shape index (κ3) is 8.20. The zero-order valence-electron chi connectivity index (χ0n) is 25.0. The average molecular weight is 615 g/mol. The van der Waals surface area contributed by atoms with E-state index in [4.69, 9.17) is 9.47 Å². The van der Waals surface area contributed by atoms with Crippen LogP contribution in [0.15, 0.2) is 66.7 Å². The van der Waals surface area contributed by atoms with Crippen molar-refractivity contribution in [2.75, 3.05) is 44.5 Å². The van der Waals surface area contributed by atoms with Crippen LogP contribution in [-0.4, -0.2) is 72.8 Å². The lowest BCUT2D eigenvalue weighted by Crippen LogP contribution is -2.49. The zero-order valence-corrected chi connectivity index (χ0v) is 25.0. The molecule has 0 spiro atoms. The van der Waals surface area contributed by atoms with E-state index in [0.29, 0.717) is 25.4 Å². The van der Waals surface area contributed by atoms with Crippen molar-refractivity contribution >= 4 is 23.3 Å². The highest BCUT2D eigenvalue weighted by atomic mass is 19.4. The third-order valence-electron chi connectivity index (χ3n) is 7.50. The van der Waals surface area contributed by atoms with Gasteiger partial charge in [-0.2, -0.15) is 13.2 Å². The van der Waals surface area contributed by atoms with Gasteiger partial charge in [-0.25, -0.2) is 4.79 Å². The summed E-state index contributed by atoms with van der Waals surface area (Å²) in [5.41, 5.74) is 0.934. The van der Waals surface area contributed by atoms with Crippen LogP contribution in [0.3, 0.4) is 0 Å². The molecule has 0 unspecified atom stereocenters. The van der Waals surface area contributed by atoms with Crippen LogP contribution in [0.1, 0.15) is 35.3 Å². The van der Waals surface area contributed by atoms with Crippen LogP contribution in [0, 0.1) is 5.92 Å². The number of nitrogens with one attached hydrogen (secondary N) is 2. The highest BCUT2D eigenvalue weighted by Crippen LogP contribution is 2.32. The number of aliphatic hydroxyl groups excluding tert-OH is 1. The van der Waals surface area contributed by atoms with Crippen molar-refractivity contribution in [1.29, 1.82) is 0 Å². The molecule has 0 saturated heterocycles. The maximum atomic E-state index is 13.7. The Kier molecular flexibility index (Phi) is 10.4. The Hall–Kier alpha value is -4.29. The number of benzene rings is 3. The van der Waals surface area contributed by atoms with Crippen molar-refractivity contribution < 1.29 is 37.3 Å². The van der Waals surface area contributed by atoms with Crippen molar-refractivity contribution in [1.82, 2.24) is 9.80 Å². The van der Waals surface area contributed by atoms with Crippen LogP contribution < -0.4 is 20.1 Å². The van der Waals surface area contributed by atoms with Crippen LogP contribution in [0.4, 0.5) is 29.3 Å². The molecule has 236 valence electrons. The summed E-state index contributed by atoms with van der Waals surface area (Å²) in [6, 6.07) is 15.4. The summed E-state index contributed by atoms with van der Waals surface area (Å²) >= 11 is 0. The first-order valence-corrected chi connectivity index (χ1v) is 14.2. The van der Waals surface area contributed by atoms with E-state index in [-0.39, 0.29) is 41.5 Å². The van der Waals surface area contributed by atoms with Crippen molar-refractivity contribution in [2.45, 2.75) is 38.7 Å². The fourth-order valence-corrected chi connectivity index (χ4v) is 4.97. The largest absolute Gasteiger partial charge is 0.497 e. The SMILES string of the molecule is COc1ccc(CN(C)C[C@@H]2Oc3ccc(NC(=O)Nc4ccc(C(F)(F)F)cc4)cc3C(=O)N([C@H](C)CO)C[C@@H]2C)cc1. The number of methoxy groups -OCH3 is 1. The van der Waals surface area contributed by atoms with Gasteiger partial charge in [0.15, 0.2) is 0 Å². The van der Waals surface area contributed by atoms with E-state index < -0.39 is 23.8 Å². The standard InChI is InChI=1S/C32H37F3N4O5/c1-20-16-39(21(2)19-40)30(41)27-15-25(37-31(42)36-24-9-7-23(8-10-24)32(33,34)35)11-14-28(27)44-29(20)18-38(3)17-22-5-12-26(43-4)13-6-22/h5-15,20-21,29,40H,16-19H2,1-4H3,(H2,36,37,42)/t20-,21+,29-/m0/s1. The van der Waals surface area contributed by atoms with Gasteiger partial charge in [0.2, 0.25) is 0 Å². The van der Waals surface area contributed by atoms with E-state index in [1.54, 1.807) is 31.1 Å². The number of aliphatic hydroxyl groups is 1. The summed E-state index contributed by atoms with van der Waals surface area (Å²) in [4.78, 5) is 30.1. The quantitative estimate of drug-likeness (QED) is 0.285. The molecule has 0 radical (unpaired) electrons. The molecule has 44 heavy (non-hydrogen) atoms. The van der Waals surface area contributed by atoms with Crippen molar-refractivity contribution in [3.05, 3.63) is 83.4 Å². The number of amides is 3. The summed E-state index contributed by atoms with van der Waals surface area (Å²) in [7, 11) is 3.61. The second-order valence-electron chi connectivity index (χ2n) is 11.0. The molecule has 3 amide bonds. The molecule has 0 fully saturated rings. The second kappa shape index (κ2) is 14.0. The maximum absolute atomic E-state index is 13.7. The Bertz CT molecular complexity index is 1430. The summed E-state index contributed by atoms with van der Waals surface area (Å²) in [5, 5.41) is 15.0. The first-order chi connectivity index (χ1) is 20.9. The number of nitrogens with zero attached hydrogens (tertiary/aromatic N) is 2. The average Bonchev–Trinajstić information content (AvgIpc) is 2.99. The van der Waals surface area contributed by atoms with Crippen LogP contribution in [0.5, 0.6) is 11.5 Å². The summed E-state index contributed by atoms with van der Waals surface area (Å²) < 4.78 is 50.2. The predicted molar refractivity (Wildman–Crippen MR) is 161 cm³/mol. The molecule has 0 bridgehead atoms. The van der Waals surface area contributed by atoms with Gasteiger partial charge in [-0.05, 0) is 74.1 Å². The minimum Gasteiger partial charge on any atom is -0.497 e. The van der Waals surface area contributed by atoms with Gasteiger partial charge in [0, 0.05) is 36.9 Å². The molecule has 0 aliphatic carbocycles. The Morgan fingerprint density at radius 3 is 2.34 bits per heavy atom. The van der Waals surface area contributed by atoms with Crippen LogP contribution in [0.25, 0.3) is 0 Å².